The monoisotopic (exact) mass is 336 g/mol. The van der Waals surface area contributed by atoms with E-state index in [9.17, 15) is 4.79 Å². The quantitative estimate of drug-likeness (QED) is 0.868. The van der Waals surface area contributed by atoms with Gasteiger partial charge >= 0.3 is 0 Å². The summed E-state index contributed by atoms with van der Waals surface area (Å²) in [6, 6.07) is 7.02. The van der Waals surface area contributed by atoms with E-state index in [4.69, 9.17) is 23.2 Å². The Kier molecular flexibility index (Phi) is 4.18. The van der Waals surface area contributed by atoms with E-state index in [1.807, 2.05) is 13.0 Å². The maximum atomic E-state index is 11.3. The highest BCUT2D eigenvalue weighted by Crippen LogP contribution is 2.36. The van der Waals surface area contributed by atoms with Crippen LogP contribution in [0.3, 0.4) is 0 Å². The topological polar surface area (TPSA) is 58.1 Å². The second kappa shape index (κ2) is 6.10. The van der Waals surface area contributed by atoms with E-state index < -0.39 is 0 Å². The van der Waals surface area contributed by atoms with Gasteiger partial charge in [-0.2, -0.15) is 0 Å². The number of aldehydes is 1. The van der Waals surface area contributed by atoms with Gasteiger partial charge in [0, 0.05) is 29.7 Å². The molecule has 1 aliphatic heterocycles. The third kappa shape index (κ3) is 2.74. The summed E-state index contributed by atoms with van der Waals surface area (Å²) in [7, 11) is 0. The highest BCUT2D eigenvalue weighted by Gasteiger charge is 2.25. The fourth-order valence-corrected chi connectivity index (χ4v) is 3.03. The lowest BCUT2D eigenvalue weighted by molar-refractivity contribution is 0.112. The minimum absolute atomic E-state index is 0.0417. The molecule has 0 saturated carbocycles. The van der Waals surface area contributed by atoms with Gasteiger partial charge in [0.25, 0.3) is 0 Å². The average Bonchev–Trinajstić information content (AvgIpc) is 2.53. The fourth-order valence-electron chi connectivity index (χ4n) is 2.70. The molecule has 0 bridgehead atoms. The maximum Gasteiger partial charge on any atom is 0.172 e. The highest BCUT2D eigenvalue weighted by atomic mass is 35.5. The minimum atomic E-state index is -0.0417. The van der Waals surface area contributed by atoms with Crippen molar-refractivity contribution < 1.29 is 4.79 Å². The Balaban J connectivity index is 2.04. The number of hydrogen-bond acceptors (Lipinski definition) is 5. The number of aromatic nitrogens is 2. The number of carbonyl (C=O) groups excluding carboxylic acids is 1. The van der Waals surface area contributed by atoms with Crippen molar-refractivity contribution in [2.75, 3.05) is 23.3 Å². The van der Waals surface area contributed by atoms with Gasteiger partial charge in [-0.05, 0) is 30.7 Å². The average molecular weight is 337 g/mol. The zero-order valence-electron chi connectivity index (χ0n) is 11.9. The lowest BCUT2D eigenvalue weighted by Crippen LogP contribution is -2.37. The van der Waals surface area contributed by atoms with Crippen molar-refractivity contribution in [3.05, 3.63) is 45.6 Å². The van der Waals surface area contributed by atoms with Crippen LogP contribution in [0.4, 0.5) is 11.5 Å². The predicted molar refractivity (Wildman–Crippen MR) is 88.1 cm³/mol. The molecule has 114 valence electrons. The van der Waals surface area contributed by atoms with Crippen LogP contribution in [0.15, 0.2) is 24.3 Å². The molecule has 1 atom stereocenters. The number of carbonyl (C=O) groups is 1. The summed E-state index contributed by atoms with van der Waals surface area (Å²) in [4.78, 5) is 13.5. The lowest BCUT2D eigenvalue weighted by Gasteiger charge is -2.36. The van der Waals surface area contributed by atoms with Crippen LogP contribution in [0.5, 0.6) is 0 Å². The van der Waals surface area contributed by atoms with Gasteiger partial charge in [0.2, 0.25) is 0 Å². The van der Waals surface area contributed by atoms with Gasteiger partial charge in [-0.3, -0.25) is 4.79 Å². The van der Waals surface area contributed by atoms with Gasteiger partial charge in [-0.15, -0.1) is 10.2 Å². The number of anilines is 2. The van der Waals surface area contributed by atoms with Crippen LogP contribution < -0.4 is 10.2 Å². The molecular weight excluding hydrogens is 323 g/mol. The zero-order valence-corrected chi connectivity index (χ0v) is 13.4. The van der Waals surface area contributed by atoms with E-state index in [1.54, 1.807) is 18.2 Å². The number of halogens is 2. The molecule has 3 rings (SSSR count). The number of nitrogens with one attached hydrogen (secondary N) is 1. The first-order chi connectivity index (χ1) is 10.6. The Bertz CT molecular complexity index is 723. The van der Waals surface area contributed by atoms with E-state index in [2.05, 4.69) is 20.4 Å². The van der Waals surface area contributed by atoms with Crippen LogP contribution in [0.25, 0.3) is 0 Å². The van der Waals surface area contributed by atoms with Crippen LogP contribution in [0, 0.1) is 0 Å². The minimum Gasteiger partial charge on any atom is -0.365 e. The molecule has 7 heteroatoms. The normalized spacial score (nSPS) is 15.0. The van der Waals surface area contributed by atoms with Crippen molar-refractivity contribution in [1.82, 2.24) is 10.2 Å². The van der Waals surface area contributed by atoms with Crippen molar-refractivity contribution >= 4 is 41.0 Å². The molecule has 0 amide bonds. The van der Waals surface area contributed by atoms with Gasteiger partial charge in [0.1, 0.15) is 6.29 Å². The summed E-state index contributed by atoms with van der Waals surface area (Å²) < 4.78 is 0. The molecule has 5 nitrogen and oxygen atoms in total. The van der Waals surface area contributed by atoms with Crippen LogP contribution in [0.2, 0.25) is 10.2 Å². The molecule has 2 aromatic rings. The Hall–Kier alpha value is -1.85. The molecule has 1 aromatic carbocycles. The van der Waals surface area contributed by atoms with Crippen molar-refractivity contribution in [3.8, 4) is 0 Å². The Morgan fingerprint density at radius 3 is 2.91 bits per heavy atom. The predicted octanol–water partition coefficient (Wildman–Crippen LogP) is 3.59. The summed E-state index contributed by atoms with van der Waals surface area (Å²) in [6.07, 6.45) is 0.850. The van der Waals surface area contributed by atoms with Gasteiger partial charge in [0.05, 0.1) is 11.7 Å². The summed E-state index contributed by atoms with van der Waals surface area (Å²) in [5, 5.41) is 12.1. The zero-order chi connectivity index (χ0) is 15.7. The third-order valence-corrected chi connectivity index (χ3v) is 4.21. The molecule has 1 aromatic heterocycles. The number of rotatable bonds is 3. The van der Waals surface area contributed by atoms with Crippen molar-refractivity contribution in [3.63, 3.8) is 0 Å². The molecule has 0 saturated heterocycles. The number of fused-ring (bicyclic) bond motifs is 1. The highest BCUT2D eigenvalue weighted by molar-refractivity contribution is 6.30. The van der Waals surface area contributed by atoms with Crippen LogP contribution in [0.1, 0.15) is 28.9 Å². The van der Waals surface area contributed by atoms with E-state index in [-0.39, 0.29) is 6.04 Å². The molecule has 2 heterocycles. The summed E-state index contributed by atoms with van der Waals surface area (Å²) in [5.41, 5.74) is 2.38. The lowest BCUT2D eigenvalue weighted by atomic mass is 10.00. The molecule has 22 heavy (non-hydrogen) atoms. The first-order valence-electron chi connectivity index (χ1n) is 6.88. The molecule has 0 radical (unpaired) electrons. The van der Waals surface area contributed by atoms with Crippen molar-refractivity contribution in [2.45, 2.75) is 13.0 Å². The number of hydrogen-bond donors (Lipinski definition) is 1. The van der Waals surface area contributed by atoms with E-state index in [0.29, 0.717) is 21.6 Å². The van der Waals surface area contributed by atoms with Gasteiger partial charge < -0.3 is 10.2 Å². The standard InChI is InChI=1S/C15H14Cl2N4O/c1-9(12-6-11(16)3-2-10(12)8-22)21-5-4-18-15-13(21)7-14(17)19-20-15/h2-3,6-9H,4-5H2,1H3,(H,18,20)/t9-/m1/s1. The van der Waals surface area contributed by atoms with Crippen LogP contribution >= 0.6 is 23.2 Å². The number of nitrogens with zero attached hydrogens (tertiary/aromatic N) is 3. The molecule has 0 aliphatic carbocycles. The maximum absolute atomic E-state index is 11.3. The van der Waals surface area contributed by atoms with Crippen molar-refractivity contribution in [2.24, 2.45) is 0 Å². The molecule has 0 unspecified atom stereocenters. The largest absolute Gasteiger partial charge is 0.365 e. The first kappa shape index (κ1) is 15.1. The van der Waals surface area contributed by atoms with Crippen LogP contribution in [-0.4, -0.2) is 29.6 Å². The molecule has 1 aliphatic rings. The van der Waals surface area contributed by atoms with Crippen molar-refractivity contribution in [1.29, 1.82) is 0 Å². The van der Waals surface area contributed by atoms with E-state index in [1.165, 1.54) is 0 Å². The van der Waals surface area contributed by atoms with Gasteiger partial charge in [-0.1, -0.05) is 23.2 Å². The van der Waals surface area contributed by atoms with Gasteiger partial charge in [-0.25, -0.2) is 0 Å². The van der Waals surface area contributed by atoms with E-state index in [0.717, 1.165) is 30.6 Å². The second-order valence-corrected chi connectivity index (χ2v) is 5.91. The van der Waals surface area contributed by atoms with Gasteiger partial charge in [0.15, 0.2) is 11.0 Å². The Labute approximate surface area is 138 Å². The molecule has 0 fully saturated rings. The Morgan fingerprint density at radius 2 is 2.14 bits per heavy atom. The third-order valence-electron chi connectivity index (χ3n) is 3.79. The van der Waals surface area contributed by atoms with E-state index >= 15 is 0 Å². The van der Waals surface area contributed by atoms with Crippen LogP contribution in [-0.2, 0) is 0 Å². The molecular formula is C15H14Cl2N4O. The Morgan fingerprint density at radius 1 is 1.32 bits per heavy atom. The number of benzene rings is 1. The molecule has 0 spiro atoms. The summed E-state index contributed by atoms with van der Waals surface area (Å²) >= 11 is 12.1. The molecule has 1 N–H and O–H groups in total. The first-order valence-corrected chi connectivity index (χ1v) is 7.64. The fraction of sp³-hybridized carbons (Fsp3) is 0.267. The SMILES string of the molecule is C[C@H](c1cc(Cl)ccc1C=O)N1CCNc2nnc(Cl)cc21. The summed E-state index contributed by atoms with van der Waals surface area (Å²) in [5.74, 6) is 0.692. The summed E-state index contributed by atoms with van der Waals surface area (Å²) in [6.45, 7) is 3.54. The second-order valence-electron chi connectivity index (χ2n) is 5.09. The smallest absolute Gasteiger partial charge is 0.172 e.